The summed E-state index contributed by atoms with van der Waals surface area (Å²) in [6, 6.07) is 0. The van der Waals surface area contributed by atoms with Gasteiger partial charge in [0.05, 0.1) is 0 Å². The Balaban J connectivity index is 2.32. The van der Waals surface area contributed by atoms with E-state index in [9.17, 15) is 0 Å². The van der Waals surface area contributed by atoms with Crippen LogP contribution in [0.25, 0.3) is 0 Å². The zero-order chi connectivity index (χ0) is 6.69. The lowest BCUT2D eigenvalue weighted by atomic mass is 9.93. The summed E-state index contributed by atoms with van der Waals surface area (Å²) in [6.07, 6.45) is 2.78. The van der Waals surface area contributed by atoms with E-state index in [1.165, 1.54) is 25.9 Å². The molecule has 1 aliphatic rings. The SMILES string of the molecule is C[C@@H]1CCCNC[C@@H]1C. The molecule has 54 valence electrons. The third kappa shape index (κ3) is 1.98. The Morgan fingerprint density at radius 2 is 2.00 bits per heavy atom. The molecular weight excluding hydrogens is 110 g/mol. The molecule has 1 saturated heterocycles. The van der Waals surface area contributed by atoms with Crippen LogP contribution in [0.3, 0.4) is 0 Å². The molecule has 9 heavy (non-hydrogen) atoms. The van der Waals surface area contributed by atoms with Crippen molar-refractivity contribution in [3.63, 3.8) is 0 Å². The largest absolute Gasteiger partial charge is 0.316 e. The lowest BCUT2D eigenvalue weighted by Crippen LogP contribution is -2.21. The van der Waals surface area contributed by atoms with Crippen LogP contribution in [-0.4, -0.2) is 13.1 Å². The summed E-state index contributed by atoms with van der Waals surface area (Å²) >= 11 is 0. The van der Waals surface area contributed by atoms with E-state index >= 15 is 0 Å². The Kier molecular flexibility index (Phi) is 2.52. The zero-order valence-corrected chi connectivity index (χ0v) is 6.48. The average Bonchev–Trinajstić information content (AvgIpc) is 1.99. The summed E-state index contributed by atoms with van der Waals surface area (Å²) in [5.74, 6) is 1.81. The van der Waals surface area contributed by atoms with Crippen LogP contribution in [0.2, 0.25) is 0 Å². The van der Waals surface area contributed by atoms with Crippen molar-refractivity contribution in [1.82, 2.24) is 5.32 Å². The fourth-order valence-corrected chi connectivity index (χ4v) is 1.36. The second-order valence-electron chi connectivity index (χ2n) is 3.30. The van der Waals surface area contributed by atoms with Gasteiger partial charge in [-0.3, -0.25) is 0 Å². The van der Waals surface area contributed by atoms with Gasteiger partial charge in [-0.1, -0.05) is 13.8 Å². The Hall–Kier alpha value is -0.0400. The molecule has 0 bridgehead atoms. The van der Waals surface area contributed by atoms with E-state index in [2.05, 4.69) is 19.2 Å². The molecule has 0 aliphatic carbocycles. The van der Waals surface area contributed by atoms with Gasteiger partial charge in [-0.15, -0.1) is 0 Å². The molecule has 0 saturated carbocycles. The fourth-order valence-electron chi connectivity index (χ4n) is 1.36. The van der Waals surface area contributed by atoms with Crippen LogP contribution in [-0.2, 0) is 0 Å². The Bertz CT molecular complexity index is 70.6. The molecule has 0 aromatic rings. The molecule has 1 heteroatoms. The number of nitrogens with one attached hydrogen (secondary N) is 1. The summed E-state index contributed by atoms with van der Waals surface area (Å²) in [5.41, 5.74) is 0. The first-order chi connectivity index (χ1) is 4.30. The van der Waals surface area contributed by atoms with Crippen molar-refractivity contribution in [2.45, 2.75) is 26.7 Å². The van der Waals surface area contributed by atoms with Gasteiger partial charge in [-0.05, 0) is 37.8 Å². The maximum absolute atomic E-state index is 3.43. The lowest BCUT2D eigenvalue weighted by Gasteiger charge is -2.14. The number of hydrogen-bond donors (Lipinski definition) is 1. The first-order valence-corrected chi connectivity index (χ1v) is 4.01. The first-order valence-electron chi connectivity index (χ1n) is 4.01. The topological polar surface area (TPSA) is 12.0 Å². The highest BCUT2D eigenvalue weighted by molar-refractivity contribution is 4.68. The van der Waals surface area contributed by atoms with E-state index in [0.29, 0.717) is 0 Å². The molecule has 1 aliphatic heterocycles. The van der Waals surface area contributed by atoms with Crippen molar-refractivity contribution in [3.8, 4) is 0 Å². The second kappa shape index (κ2) is 3.21. The maximum atomic E-state index is 3.43. The second-order valence-corrected chi connectivity index (χ2v) is 3.30. The molecule has 0 spiro atoms. The maximum Gasteiger partial charge on any atom is -0.00206 e. The van der Waals surface area contributed by atoms with Crippen LogP contribution in [0.1, 0.15) is 26.7 Å². The predicted molar refractivity (Wildman–Crippen MR) is 40.4 cm³/mol. The minimum atomic E-state index is 0.882. The molecule has 1 heterocycles. The standard InChI is InChI=1S/C8H17N/c1-7-4-3-5-9-6-8(7)2/h7-9H,3-6H2,1-2H3/t7-,8+/m1/s1. The summed E-state index contributed by atoms with van der Waals surface area (Å²) in [7, 11) is 0. The third-order valence-corrected chi connectivity index (χ3v) is 2.45. The van der Waals surface area contributed by atoms with Crippen molar-refractivity contribution in [2.75, 3.05) is 13.1 Å². The van der Waals surface area contributed by atoms with Gasteiger partial charge < -0.3 is 5.32 Å². The Morgan fingerprint density at radius 1 is 1.22 bits per heavy atom. The first kappa shape index (κ1) is 7.07. The monoisotopic (exact) mass is 127 g/mol. The molecule has 1 N–H and O–H groups in total. The van der Waals surface area contributed by atoms with Gasteiger partial charge in [0.2, 0.25) is 0 Å². The third-order valence-electron chi connectivity index (χ3n) is 2.45. The molecule has 0 unspecified atom stereocenters. The van der Waals surface area contributed by atoms with Gasteiger partial charge >= 0.3 is 0 Å². The Morgan fingerprint density at radius 3 is 2.78 bits per heavy atom. The molecule has 0 radical (unpaired) electrons. The van der Waals surface area contributed by atoms with Gasteiger partial charge in [0.15, 0.2) is 0 Å². The smallest absolute Gasteiger partial charge is 0.00206 e. The summed E-state index contributed by atoms with van der Waals surface area (Å²) in [6.45, 7) is 7.15. The van der Waals surface area contributed by atoms with Crippen LogP contribution in [0.5, 0.6) is 0 Å². The van der Waals surface area contributed by atoms with E-state index in [1.807, 2.05) is 0 Å². The van der Waals surface area contributed by atoms with Gasteiger partial charge in [0, 0.05) is 0 Å². The molecule has 1 rings (SSSR count). The highest BCUT2D eigenvalue weighted by atomic mass is 14.9. The van der Waals surface area contributed by atoms with Crippen molar-refractivity contribution in [3.05, 3.63) is 0 Å². The van der Waals surface area contributed by atoms with E-state index in [0.717, 1.165) is 11.8 Å². The zero-order valence-electron chi connectivity index (χ0n) is 6.48. The van der Waals surface area contributed by atoms with E-state index in [4.69, 9.17) is 0 Å². The lowest BCUT2D eigenvalue weighted by molar-refractivity contribution is 0.383. The molecule has 1 nitrogen and oxygen atoms in total. The predicted octanol–water partition coefficient (Wildman–Crippen LogP) is 1.64. The quantitative estimate of drug-likeness (QED) is 0.521. The normalized spacial score (nSPS) is 38.0. The highest BCUT2D eigenvalue weighted by Gasteiger charge is 2.13. The summed E-state index contributed by atoms with van der Waals surface area (Å²) < 4.78 is 0. The van der Waals surface area contributed by atoms with Gasteiger partial charge in [0.1, 0.15) is 0 Å². The minimum Gasteiger partial charge on any atom is -0.316 e. The van der Waals surface area contributed by atoms with Crippen LogP contribution in [0.4, 0.5) is 0 Å². The van der Waals surface area contributed by atoms with Gasteiger partial charge in [-0.2, -0.15) is 0 Å². The van der Waals surface area contributed by atoms with E-state index in [1.54, 1.807) is 0 Å². The van der Waals surface area contributed by atoms with Crippen molar-refractivity contribution in [1.29, 1.82) is 0 Å². The highest BCUT2D eigenvalue weighted by Crippen LogP contribution is 2.17. The van der Waals surface area contributed by atoms with Gasteiger partial charge in [0.25, 0.3) is 0 Å². The van der Waals surface area contributed by atoms with Crippen molar-refractivity contribution >= 4 is 0 Å². The fraction of sp³-hybridized carbons (Fsp3) is 1.00. The van der Waals surface area contributed by atoms with Crippen molar-refractivity contribution in [2.24, 2.45) is 11.8 Å². The van der Waals surface area contributed by atoms with E-state index in [-0.39, 0.29) is 0 Å². The Labute approximate surface area is 57.8 Å². The van der Waals surface area contributed by atoms with Crippen LogP contribution in [0, 0.1) is 11.8 Å². The summed E-state index contributed by atoms with van der Waals surface area (Å²) in [4.78, 5) is 0. The van der Waals surface area contributed by atoms with E-state index < -0.39 is 0 Å². The molecule has 1 fully saturated rings. The van der Waals surface area contributed by atoms with Crippen molar-refractivity contribution < 1.29 is 0 Å². The average molecular weight is 127 g/mol. The molecule has 2 atom stereocenters. The van der Waals surface area contributed by atoms with Gasteiger partial charge in [-0.25, -0.2) is 0 Å². The molecule has 0 aromatic carbocycles. The minimum absolute atomic E-state index is 0.882. The number of rotatable bonds is 0. The molecule has 0 aromatic heterocycles. The van der Waals surface area contributed by atoms with Crippen LogP contribution < -0.4 is 5.32 Å². The number of hydrogen-bond acceptors (Lipinski definition) is 1. The summed E-state index contributed by atoms with van der Waals surface area (Å²) in [5, 5.41) is 3.43. The molecular formula is C8H17N. The van der Waals surface area contributed by atoms with Crippen LogP contribution in [0.15, 0.2) is 0 Å². The van der Waals surface area contributed by atoms with Crippen LogP contribution >= 0.6 is 0 Å². The molecule has 0 amide bonds.